The number of nitrogens with one attached hydrogen (secondary N) is 2. The maximum Gasteiger partial charge on any atom is 0.254 e. The Morgan fingerprint density at radius 3 is 1.83 bits per heavy atom. The number of carbonyl (C=O) groups excluding carboxylic acids is 2. The van der Waals surface area contributed by atoms with Crippen molar-refractivity contribution in [3.05, 3.63) is 29.8 Å². The summed E-state index contributed by atoms with van der Waals surface area (Å²) >= 11 is 0. The Bertz CT molecular complexity index is 687. The minimum Gasteiger partial charge on any atom is -0.378 e. The Morgan fingerprint density at radius 1 is 0.771 bits per heavy atom. The van der Waals surface area contributed by atoms with Crippen LogP contribution in [0.4, 0.5) is 5.69 Å². The van der Waals surface area contributed by atoms with E-state index in [1.54, 1.807) is 29.2 Å². The van der Waals surface area contributed by atoms with Crippen LogP contribution in [-0.2, 0) is 9.53 Å². The molecular formula is C29H49N3O3. The topological polar surface area (TPSA) is 70.7 Å². The first-order chi connectivity index (χ1) is 17.2. The Morgan fingerprint density at radius 2 is 1.29 bits per heavy atom. The predicted molar refractivity (Wildman–Crippen MR) is 145 cm³/mol. The molecule has 0 bridgehead atoms. The van der Waals surface area contributed by atoms with Gasteiger partial charge in [-0.15, -0.1) is 0 Å². The molecule has 1 aromatic rings. The van der Waals surface area contributed by atoms with Crippen molar-refractivity contribution in [1.82, 2.24) is 10.2 Å². The summed E-state index contributed by atoms with van der Waals surface area (Å²) in [7, 11) is 0. The number of hydrogen-bond donors (Lipinski definition) is 2. The third-order valence-corrected chi connectivity index (χ3v) is 6.71. The van der Waals surface area contributed by atoms with Crippen molar-refractivity contribution in [1.29, 1.82) is 0 Å². The molecule has 1 fully saturated rings. The first kappa shape index (κ1) is 29.3. The highest BCUT2D eigenvalue weighted by atomic mass is 16.5. The molecule has 2 rings (SSSR count). The molecule has 0 unspecified atom stereocenters. The van der Waals surface area contributed by atoms with Crippen molar-refractivity contribution in [2.45, 2.75) is 96.8 Å². The van der Waals surface area contributed by atoms with Crippen LogP contribution in [-0.4, -0.2) is 56.1 Å². The van der Waals surface area contributed by atoms with Gasteiger partial charge in [0, 0.05) is 24.3 Å². The maximum atomic E-state index is 12.5. The van der Waals surface area contributed by atoms with Crippen LogP contribution in [0, 0.1) is 0 Å². The lowest BCUT2D eigenvalue weighted by atomic mass is 10.0. The second kappa shape index (κ2) is 19.3. The van der Waals surface area contributed by atoms with Crippen LogP contribution >= 0.6 is 0 Å². The average molecular weight is 488 g/mol. The Balaban J connectivity index is 1.40. The number of hydrogen-bond acceptors (Lipinski definition) is 4. The van der Waals surface area contributed by atoms with E-state index in [1.807, 2.05) is 0 Å². The lowest BCUT2D eigenvalue weighted by Crippen LogP contribution is -2.40. The van der Waals surface area contributed by atoms with E-state index in [9.17, 15) is 9.59 Å². The Labute approximate surface area is 213 Å². The third kappa shape index (κ3) is 13.7. The SMILES string of the molecule is CCCCCCCCCCCCCCCCNCC(=O)Nc1ccc(C(=O)N2CCOCC2)cc1. The number of amides is 2. The van der Waals surface area contributed by atoms with Gasteiger partial charge in [0.1, 0.15) is 0 Å². The molecule has 198 valence electrons. The van der Waals surface area contributed by atoms with Crippen molar-refractivity contribution in [3.63, 3.8) is 0 Å². The van der Waals surface area contributed by atoms with Gasteiger partial charge >= 0.3 is 0 Å². The number of unbranched alkanes of at least 4 members (excludes halogenated alkanes) is 13. The summed E-state index contributed by atoms with van der Waals surface area (Å²) in [5.74, 6) is -0.0383. The quantitative estimate of drug-likeness (QED) is 0.229. The number of anilines is 1. The van der Waals surface area contributed by atoms with Gasteiger partial charge < -0.3 is 20.3 Å². The largest absolute Gasteiger partial charge is 0.378 e. The first-order valence-corrected chi connectivity index (χ1v) is 14.2. The van der Waals surface area contributed by atoms with Gasteiger partial charge in [-0.3, -0.25) is 9.59 Å². The minimum absolute atomic E-state index is 0.0148. The van der Waals surface area contributed by atoms with Crippen molar-refractivity contribution >= 4 is 17.5 Å². The zero-order valence-electron chi connectivity index (χ0n) is 22.1. The second-order valence-electron chi connectivity index (χ2n) is 9.80. The molecule has 0 radical (unpaired) electrons. The molecule has 0 spiro atoms. The Kier molecular flexibility index (Phi) is 16.2. The molecule has 2 N–H and O–H groups in total. The fourth-order valence-electron chi connectivity index (χ4n) is 4.50. The molecule has 1 saturated heterocycles. The molecule has 0 aliphatic carbocycles. The summed E-state index contributed by atoms with van der Waals surface area (Å²) in [6.07, 6.45) is 19.0. The van der Waals surface area contributed by atoms with Gasteiger partial charge in [0.05, 0.1) is 19.8 Å². The number of benzene rings is 1. The van der Waals surface area contributed by atoms with E-state index in [4.69, 9.17) is 4.74 Å². The molecule has 0 saturated carbocycles. The molecule has 0 atom stereocenters. The molecular weight excluding hydrogens is 438 g/mol. The molecule has 0 aromatic heterocycles. The maximum absolute atomic E-state index is 12.5. The van der Waals surface area contributed by atoms with Crippen LogP contribution in [0.2, 0.25) is 0 Å². The molecule has 1 aliphatic rings. The molecule has 6 nitrogen and oxygen atoms in total. The number of carbonyl (C=O) groups is 2. The van der Waals surface area contributed by atoms with Gasteiger partial charge in [0.25, 0.3) is 5.91 Å². The van der Waals surface area contributed by atoms with Crippen LogP contribution in [0.5, 0.6) is 0 Å². The van der Waals surface area contributed by atoms with Gasteiger partial charge in [0.15, 0.2) is 0 Å². The molecule has 2 amide bonds. The smallest absolute Gasteiger partial charge is 0.254 e. The average Bonchev–Trinajstić information content (AvgIpc) is 2.89. The molecule has 35 heavy (non-hydrogen) atoms. The second-order valence-corrected chi connectivity index (χ2v) is 9.80. The van der Waals surface area contributed by atoms with E-state index >= 15 is 0 Å². The standard InChI is InChI=1S/C29H49N3O3/c1-2-3-4-5-6-7-8-9-10-11-12-13-14-15-20-30-25-28(33)31-27-18-16-26(17-19-27)29(34)32-21-23-35-24-22-32/h16-19,30H,2-15,20-25H2,1H3,(H,31,33). The van der Waals surface area contributed by atoms with Crippen LogP contribution in [0.25, 0.3) is 0 Å². The lowest BCUT2D eigenvalue weighted by Gasteiger charge is -2.26. The van der Waals surface area contributed by atoms with Crippen LogP contribution in [0.3, 0.4) is 0 Å². The van der Waals surface area contributed by atoms with Crippen molar-refractivity contribution in [2.75, 3.05) is 44.7 Å². The normalized spacial score (nSPS) is 13.7. The van der Waals surface area contributed by atoms with Gasteiger partial charge in [-0.25, -0.2) is 0 Å². The van der Waals surface area contributed by atoms with Gasteiger partial charge in [-0.2, -0.15) is 0 Å². The minimum atomic E-state index is -0.0531. The third-order valence-electron chi connectivity index (χ3n) is 6.71. The van der Waals surface area contributed by atoms with Crippen molar-refractivity contribution in [2.24, 2.45) is 0 Å². The monoisotopic (exact) mass is 487 g/mol. The zero-order valence-corrected chi connectivity index (χ0v) is 22.1. The van der Waals surface area contributed by atoms with E-state index < -0.39 is 0 Å². The Hall–Kier alpha value is -1.92. The van der Waals surface area contributed by atoms with E-state index in [1.165, 1.54) is 83.5 Å². The number of ether oxygens (including phenoxy) is 1. The first-order valence-electron chi connectivity index (χ1n) is 14.2. The van der Waals surface area contributed by atoms with Crippen LogP contribution in [0.1, 0.15) is 107 Å². The summed E-state index contributed by atoms with van der Waals surface area (Å²) < 4.78 is 5.30. The number of rotatable bonds is 19. The summed E-state index contributed by atoms with van der Waals surface area (Å²) in [5.41, 5.74) is 1.35. The van der Waals surface area contributed by atoms with Crippen molar-refractivity contribution in [3.8, 4) is 0 Å². The van der Waals surface area contributed by atoms with E-state index in [2.05, 4.69) is 17.6 Å². The summed E-state index contributed by atoms with van der Waals surface area (Å²) in [5, 5.41) is 6.13. The van der Waals surface area contributed by atoms with Gasteiger partial charge in [-0.05, 0) is 37.2 Å². The lowest BCUT2D eigenvalue weighted by molar-refractivity contribution is -0.115. The molecule has 6 heteroatoms. The number of nitrogens with zero attached hydrogens (tertiary/aromatic N) is 1. The molecule has 1 heterocycles. The van der Waals surface area contributed by atoms with Crippen LogP contribution < -0.4 is 10.6 Å². The van der Waals surface area contributed by atoms with Crippen LogP contribution in [0.15, 0.2) is 24.3 Å². The van der Waals surface area contributed by atoms with Gasteiger partial charge in [-0.1, -0.05) is 90.4 Å². The zero-order chi connectivity index (χ0) is 25.0. The summed E-state index contributed by atoms with van der Waals surface area (Å²) in [6, 6.07) is 7.13. The summed E-state index contributed by atoms with van der Waals surface area (Å²) in [4.78, 5) is 26.5. The van der Waals surface area contributed by atoms with E-state index in [0.29, 0.717) is 44.1 Å². The molecule has 1 aromatic carbocycles. The fraction of sp³-hybridized carbons (Fsp3) is 0.724. The van der Waals surface area contributed by atoms with E-state index in [-0.39, 0.29) is 11.8 Å². The summed E-state index contributed by atoms with van der Waals surface area (Å²) in [6.45, 7) is 5.89. The highest BCUT2D eigenvalue weighted by Gasteiger charge is 2.18. The number of morpholine rings is 1. The fourth-order valence-corrected chi connectivity index (χ4v) is 4.50. The predicted octanol–water partition coefficient (Wildman–Crippen LogP) is 6.17. The van der Waals surface area contributed by atoms with E-state index in [0.717, 1.165) is 13.0 Å². The van der Waals surface area contributed by atoms with Gasteiger partial charge in [0.2, 0.25) is 5.91 Å². The highest BCUT2D eigenvalue weighted by molar-refractivity contribution is 5.96. The highest BCUT2D eigenvalue weighted by Crippen LogP contribution is 2.14. The van der Waals surface area contributed by atoms with Crippen molar-refractivity contribution < 1.29 is 14.3 Å². The molecule has 1 aliphatic heterocycles.